The van der Waals surface area contributed by atoms with E-state index in [2.05, 4.69) is 0 Å². The van der Waals surface area contributed by atoms with Crippen LogP contribution in [-0.2, 0) is 19.2 Å². The average molecular weight is 363 g/mol. The fraction of sp³-hybridized carbons (Fsp3) is 0.950. The Kier molecular flexibility index (Phi) is 3.33. The molecular weight excluding hydrogens is 334 g/mol. The lowest BCUT2D eigenvalue weighted by molar-refractivity contribution is -0.390. The highest BCUT2D eigenvalue weighted by Crippen LogP contribution is 2.64. The number of carbonyl (C=O) groups excluding carboxylic acids is 1. The molecule has 3 heterocycles. The van der Waals surface area contributed by atoms with Crippen molar-refractivity contribution in [2.24, 2.45) is 23.7 Å². The molecule has 1 amide bonds. The maximum atomic E-state index is 12.3. The first-order valence-corrected chi connectivity index (χ1v) is 10.6. The molecule has 7 aliphatic rings. The second-order valence-electron chi connectivity index (χ2n) is 9.60. The Balaban J connectivity index is 1.24. The van der Waals surface area contributed by atoms with Gasteiger partial charge in [-0.15, -0.1) is 0 Å². The van der Waals surface area contributed by atoms with Crippen LogP contribution in [0.15, 0.2) is 0 Å². The predicted molar refractivity (Wildman–Crippen MR) is 90.7 cm³/mol. The van der Waals surface area contributed by atoms with Crippen LogP contribution in [0.5, 0.6) is 0 Å². The van der Waals surface area contributed by atoms with E-state index < -0.39 is 11.6 Å². The largest absolute Gasteiger partial charge is 0.450 e. The minimum atomic E-state index is -0.663. The smallest absolute Gasteiger partial charge is 0.410 e. The summed E-state index contributed by atoms with van der Waals surface area (Å²) in [4.78, 5) is 26.4. The van der Waals surface area contributed by atoms with Gasteiger partial charge in [-0.05, 0) is 63.7 Å². The number of hydrogen-bond donors (Lipinski definition) is 0. The van der Waals surface area contributed by atoms with Crippen molar-refractivity contribution < 1.29 is 24.0 Å². The summed E-state index contributed by atoms with van der Waals surface area (Å²) in [7, 11) is 0. The monoisotopic (exact) mass is 363 g/mol. The molecular formula is C20H29NO5. The Hall–Kier alpha value is -0.850. The van der Waals surface area contributed by atoms with Gasteiger partial charge >= 0.3 is 6.09 Å². The topological polar surface area (TPSA) is 57.2 Å². The number of hydrogen-bond acceptors (Lipinski definition) is 5. The molecule has 7 fully saturated rings. The number of amides is 1. The summed E-state index contributed by atoms with van der Waals surface area (Å²) >= 11 is 0. The Morgan fingerprint density at radius 3 is 2.19 bits per heavy atom. The van der Waals surface area contributed by atoms with Crippen molar-refractivity contribution in [3.8, 4) is 0 Å². The zero-order valence-corrected chi connectivity index (χ0v) is 15.5. The summed E-state index contributed by atoms with van der Waals surface area (Å²) in [5.41, 5.74) is 0. The number of nitrogens with zero attached hydrogens (tertiary/aromatic N) is 1. The maximum Gasteiger partial charge on any atom is 0.410 e. The highest BCUT2D eigenvalue weighted by Gasteiger charge is 2.68. The van der Waals surface area contributed by atoms with Crippen molar-refractivity contribution in [2.75, 3.05) is 6.61 Å². The number of piperidine rings is 1. The molecule has 0 aromatic carbocycles. The fourth-order valence-corrected chi connectivity index (χ4v) is 7.42. The van der Waals surface area contributed by atoms with Gasteiger partial charge in [-0.2, -0.15) is 9.78 Å². The molecule has 3 saturated heterocycles. The zero-order valence-electron chi connectivity index (χ0n) is 15.5. The van der Waals surface area contributed by atoms with Gasteiger partial charge in [0, 0.05) is 36.8 Å². The van der Waals surface area contributed by atoms with Crippen LogP contribution in [0.3, 0.4) is 0 Å². The molecule has 0 N–H and O–H groups in total. The molecule has 6 bridgehead atoms. The SMILES string of the molecule is CCOC(=O)N1C2CCC1CC1(C2)OOC2(O1)C1CC3CC(C1)CC2C3. The summed E-state index contributed by atoms with van der Waals surface area (Å²) in [5, 5.41) is 0. The molecule has 26 heavy (non-hydrogen) atoms. The second-order valence-corrected chi connectivity index (χ2v) is 9.60. The number of fused-ring (bicyclic) bond motifs is 2. The molecule has 0 aromatic rings. The Morgan fingerprint density at radius 1 is 1.00 bits per heavy atom. The van der Waals surface area contributed by atoms with Crippen LogP contribution in [0.25, 0.3) is 0 Å². The normalized spacial score (nSPS) is 53.8. The molecule has 3 aliphatic heterocycles. The quantitative estimate of drug-likeness (QED) is 0.666. The second kappa shape index (κ2) is 5.36. The van der Waals surface area contributed by atoms with Gasteiger partial charge in [0.25, 0.3) is 0 Å². The molecule has 2 atom stereocenters. The van der Waals surface area contributed by atoms with Gasteiger partial charge in [-0.25, -0.2) is 4.79 Å². The van der Waals surface area contributed by atoms with E-state index in [1.807, 2.05) is 11.8 Å². The van der Waals surface area contributed by atoms with Crippen molar-refractivity contribution in [1.29, 1.82) is 0 Å². The lowest BCUT2D eigenvalue weighted by Crippen LogP contribution is -2.60. The maximum absolute atomic E-state index is 12.3. The molecule has 4 saturated carbocycles. The van der Waals surface area contributed by atoms with Gasteiger partial charge in [0.15, 0.2) is 0 Å². The summed E-state index contributed by atoms with van der Waals surface area (Å²) < 4.78 is 12.1. The lowest BCUT2D eigenvalue weighted by Gasteiger charge is -2.57. The molecule has 7 rings (SSSR count). The van der Waals surface area contributed by atoms with E-state index in [9.17, 15) is 4.79 Å². The average Bonchev–Trinajstić information content (AvgIpc) is 3.10. The van der Waals surface area contributed by atoms with E-state index in [0.717, 1.165) is 24.7 Å². The van der Waals surface area contributed by atoms with Crippen molar-refractivity contribution >= 4 is 6.09 Å². The van der Waals surface area contributed by atoms with Crippen LogP contribution in [0, 0.1) is 23.7 Å². The van der Waals surface area contributed by atoms with Gasteiger partial charge in [0.1, 0.15) is 0 Å². The first kappa shape index (κ1) is 16.1. The predicted octanol–water partition coefficient (Wildman–Crippen LogP) is 3.60. The Labute approximate surface area is 154 Å². The molecule has 0 aromatic heterocycles. The first-order valence-electron chi connectivity index (χ1n) is 10.6. The van der Waals surface area contributed by atoms with E-state index in [0.29, 0.717) is 31.3 Å². The summed E-state index contributed by atoms with van der Waals surface area (Å²) in [6.45, 7) is 2.28. The van der Waals surface area contributed by atoms with E-state index in [1.54, 1.807) is 0 Å². The summed E-state index contributed by atoms with van der Waals surface area (Å²) in [5.74, 6) is 1.53. The third-order valence-electron chi connectivity index (χ3n) is 8.14. The van der Waals surface area contributed by atoms with Crippen LogP contribution in [0.2, 0.25) is 0 Å². The standard InChI is InChI=1S/C20H29NO5/c1-2-23-18(22)21-16-3-4-17(21)11-19(10-16)24-20(26-25-19)14-6-12-5-13(8-14)9-15(20)7-12/h12-17H,2-11H2,1H3. The number of carbonyl (C=O) groups is 1. The molecule has 6 nitrogen and oxygen atoms in total. The van der Waals surface area contributed by atoms with Gasteiger partial charge in [0.05, 0.1) is 6.61 Å². The van der Waals surface area contributed by atoms with Crippen molar-refractivity contribution in [3.05, 3.63) is 0 Å². The molecule has 144 valence electrons. The molecule has 2 unspecified atom stereocenters. The van der Waals surface area contributed by atoms with Crippen molar-refractivity contribution in [1.82, 2.24) is 4.90 Å². The zero-order chi connectivity index (χ0) is 17.5. The summed E-state index contributed by atoms with van der Waals surface area (Å²) in [6, 6.07) is 0.284. The highest BCUT2D eigenvalue weighted by atomic mass is 17.3. The molecule has 2 spiro atoms. The Bertz CT molecular complexity index is 579. The minimum Gasteiger partial charge on any atom is -0.450 e. The third kappa shape index (κ3) is 2.07. The van der Waals surface area contributed by atoms with Crippen molar-refractivity contribution in [2.45, 2.75) is 88.4 Å². The number of rotatable bonds is 1. The van der Waals surface area contributed by atoms with E-state index >= 15 is 0 Å². The highest BCUT2D eigenvalue weighted by molar-refractivity contribution is 5.69. The molecule has 4 aliphatic carbocycles. The van der Waals surface area contributed by atoms with E-state index in [4.69, 9.17) is 19.2 Å². The van der Waals surface area contributed by atoms with E-state index in [1.165, 1.54) is 32.1 Å². The van der Waals surface area contributed by atoms with Crippen LogP contribution in [-0.4, -0.2) is 41.3 Å². The van der Waals surface area contributed by atoms with Crippen LogP contribution >= 0.6 is 0 Å². The van der Waals surface area contributed by atoms with Crippen LogP contribution < -0.4 is 0 Å². The van der Waals surface area contributed by atoms with Crippen molar-refractivity contribution in [3.63, 3.8) is 0 Å². The van der Waals surface area contributed by atoms with Gasteiger partial charge < -0.3 is 14.4 Å². The number of ether oxygens (including phenoxy) is 2. The van der Waals surface area contributed by atoms with Gasteiger partial charge in [0.2, 0.25) is 11.6 Å². The molecule has 6 heteroatoms. The summed E-state index contributed by atoms with van der Waals surface area (Å²) in [6.07, 6.45) is 9.56. The Morgan fingerprint density at radius 2 is 1.62 bits per heavy atom. The van der Waals surface area contributed by atoms with Crippen LogP contribution in [0.4, 0.5) is 4.79 Å². The van der Waals surface area contributed by atoms with Gasteiger partial charge in [-0.3, -0.25) is 0 Å². The fourth-order valence-electron chi connectivity index (χ4n) is 7.42. The van der Waals surface area contributed by atoms with Crippen LogP contribution in [0.1, 0.15) is 64.7 Å². The van der Waals surface area contributed by atoms with Gasteiger partial charge in [-0.1, -0.05) is 0 Å². The molecule has 0 radical (unpaired) electrons. The minimum absolute atomic E-state index is 0.142. The first-order chi connectivity index (χ1) is 12.6. The lowest BCUT2D eigenvalue weighted by atomic mass is 9.53. The third-order valence-corrected chi connectivity index (χ3v) is 8.14. The van der Waals surface area contributed by atoms with E-state index in [-0.39, 0.29) is 18.2 Å².